The second-order valence-electron chi connectivity index (χ2n) is 4.27. The molecule has 2 aromatic rings. The van der Waals surface area contributed by atoms with Crippen LogP contribution in [0, 0.1) is 20.8 Å². The monoisotopic (exact) mass is 265 g/mol. The van der Waals surface area contributed by atoms with Gasteiger partial charge in [0.05, 0.1) is 17.6 Å². The van der Waals surface area contributed by atoms with Crippen LogP contribution in [-0.4, -0.2) is 19.7 Å². The molecule has 0 aliphatic heterocycles. The zero-order chi connectivity index (χ0) is 13.3. The summed E-state index contributed by atoms with van der Waals surface area (Å²) in [4.78, 5) is 8.62. The first kappa shape index (κ1) is 12.8. The predicted octanol–water partition coefficient (Wildman–Crippen LogP) is 2.40. The Hall–Kier alpha value is -1.62. The molecule has 0 bridgehead atoms. The van der Waals surface area contributed by atoms with Gasteiger partial charge in [0.25, 0.3) is 0 Å². The van der Waals surface area contributed by atoms with Gasteiger partial charge >= 0.3 is 0 Å². The number of halogens is 1. The maximum atomic E-state index is 6.06. The first-order valence-electron chi connectivity index (χ1n) is 5.71. The minimum atomic E-state index is 0.402. The normalized spacial score (nSPS) is 10.7. The Labute approximate surface area is 111 Å². The molecule has 0 aliphatic carbocycles. The molecule has 6 heteroatoms. The van der Waals surface area contributed by atoms with Gasteiger partial charge in [-0.1, -0.05) is 11.6 Å². The highest BCUT2D eigenvalue weighted by Gasteiger charge is 2.08. The fourth-order valence-corrected chi connectivity index (χ4v) is 1.82. The van der Waals surface area contributed by atoms with Gasteiger partial charge in [0.2, 0.25) is 0 Å². The first-order chi connectivity index (χ1) is 8.49. The summed E-state index contributed by atoms with van der Waals surface area (Å²) in [6, 6.07) is 0. The Morgan fingerprint density at radius 1 is 1.22 bits per heavy atom. The lowest BCUT2D eigenvalue weighted by Crippen LogP contribution is -2.06. The smallest absolute Gasteiger partial charge is 0.171 e. The van der Waals surface area contributed by atoms with Gasteiger partial charge < -0.3 is 5.32 Å². The number of hydrogen-bond donors (Lipinski definition) is 1. The van der Waals surface area contributed by atoms with Gasteiger partial charge in [-0.3, -0.25) is 4.68 Å². The van der Waals surface area contributed by atoms with E-state index < -0.39 is 0 Å². The molecule has 0 saturated heterocycles. The third-order valence-corrected chi connectivity index (χ3v) is 3.31. The van der Waals surface area contributed by atoms with E-state index in [9.17, 15) is 0 Å². The number of aryl methyl sites for hydroxylation is 3. The van der Waals surface area contributed by atoms with E-state index in [1.54, 1.807) is 0 Å². The molecule has 0 radical (unpaired) electrons. The largest absolute Gasteiger partial charge is 0.363 e. The lowest BCUT2D eigenvalue weighted by Gasteiger charge is -2.09. The molecule has 5 nitrogen and oxygen atoms in total. The maximum absolute atomic E-state index is 6.06. The van der Waals surface area contributed by atoms with E-state index in [1.165, 1.54) is 0 Å². The molecule has 0 unspecified atom stereocenters. The average Bonchev–Trinajstić information content (AvgIpc) is 2.63. The summed E-state index contributed by atoms with van der Waals surface area (Å²) in [6.07, 6.45) is 1.84. The molecule has 18 heavy (non-hydrogen) atoms. The highest BCUT2D eigenvalue weighted by molar-refractivity contribution is 6.31. The van der Waals surface area contributed by atoms with E-state index in [0.717, 1.165) is 22.6 Å². The van der Waals surface area contributed by atoms with E-state index in [2.05, 4.69) is 20.4 Å². The van der Waals surface area contributed by atoms with Crippen LogP contribution in [0.4, 0.5) is 5.82 Å². The number of nitrogens with one attached hydrogen (secondary N) is 1. The SMILES string of the molecule is Cc1nc(Cl)c(NCc2cnn(C)c2C)nc1C. The summed E-state index contributed by atoms with van der Waals surface area (Å²) < 4.78 is 1.84. The van der Waals surface area contributed by atoms with E-state index in [4.69, 9.17) is 11.6 Å². The standard InChI is InChI=1S/C12H16ClN5/c1-7-8(2)17-12(11(13)16-7)14-5-10-6-15-18(4)9(10)3/h6H,5H2,1-4H3,(H,14,17). The molecular weight excluding hydrogens is 250 g/mol. The van der Waals surface area contributed by atoms with Crippen LogP contribution in [0.25, 0.3) is 0 Å². The highest BCUT2D eigenvalue weighted by Crippen LogP contribution is 2.19. The Kier molecular flexibility index (Phi) is 3.52. The van der Waals surface area contributed by atoms with Crippen molar-refractivity contribution >= 4 is 17.4 Å². The van der Waals surface area contributed by atoms with Crippen molar-refractivity contribution in [2.75, 3.05) is 5.32 Å². The van der Waals surface area contributed by atoms with Crippen LogP contribution in [0.5, 0.6) is 0 Å². The van der Waals surface area contributed by atoms with E-state index in [0.29, 0.717) is 17.5 Å². The summed E-state index contributed by atoms with van der Waals surface area (Å²) in [5.74, 6) is 0.614. The van der Waals surface area contributed by atoms with E-state index in [1.807, 2.05) is 38.7 Å². The molecule has 0 saturated carbocycles. The molecule has 2 rings (SSSR count). The van der Waals surface area contributed by atoms with Gasteiger partial charge in [-0.15, -0.1) is 0 Å². The van der Waals surface area contributed by atoms with Gasteiger partial charge in [-0.05, 0) is 20.8 Å². The Morgan fingerprint density at radius 2 is 1.89 bits per heavy atom. The highest BCUT2D eigenvalue weighted by atomic mass is 35.5. The average molecular weight is 266 g/mol. The molecule has 1 N–H and O–H groups in total. The van der Waals surface area contributed by atoms with Crippen molar-refractivity contribution in [2.24, 2.45) is 7.05 Å². The van der Waals surface area contributed by atoms with Crippen LogP contribution < -0.4 is 5.32 Å². The molecule has 0 aliphatic rings. The number of hydrogen-bond acceptors (Lipinski definition) is 4. The van der Waals surface area contributed by atoms with E-state index in [-0.39, 0.29) is 0 Å². The van der Waals surface area contributed by atoms with Crippen LogP contribution >= 0.6 is 11.6 Å². The molecule has 0 aromatic carbocycles. The second-order valence-corrected chi connectivity index (χ2v) is 4.62. The minimum absolute atomic E-state index is 0.402. The third kappa shape index (κ3) is 2.46. The molecule has 2 heterocycles. The third-order valence-electron chi connectivity index (χ3n) is 3.05. The molecular formula is C12H16ClN5. The molecule has 96 valence electrons. The van der Waals surface area contributed by atoms with Gasteiger partial charge in [0.15, 0.2) is 11.0 Å². The maximum Gasteiger partial charge on any atom is 0.171 e. The topological polar surface area (TPSA) is 55.6 Å². The quantitative estimate of drug-likeness (QED) is 0.926. The van der Waals surface area contributed by atoms with Crippen molar-refractivity contribution in [3.63, 3.8) is 0 Å². The summed E-state index contributed by atoms with van der Waals surface area (Å²) in [6.45, 7) is 6.47. The summed E-state index contributed by atoms with van der Waals surface area (Å²) in [5.41, 5.74) is 3.97. The minimum Gasteiger partial charge on any atom is -0.363 e. The van der Waals surface area contributed by atoms with Crippen molar-refractivity contribution < 1.29 is 0 Å². The number of aromatic nitrogens is 4. The fourth-order valence-electron chi connectivity index (χ4n) is 1.58. The second kappa shape index (κ2) is 4.94. The van der Waals surface area contributed by atoms with Crippen molar-refractivity contribution in [3.8, 4) is 0 Å². The van der Waals surface area contributed by atoms with Crippen molar-refractivity contribution in [1.29, 1.82) is 0 Å². The molecule has 2 aromatic heterocycles. The Morgan fingerprint density at radius 3 is 2.50 bits per heavy atom. The summed E-state index contributed by atoms with van der Waals surface area (Å²) >= 11 is 6.06. The van der Waals surface area contributed by atoms with Crippen molar-refractivity contribution in [3.05, 3.63) is 34.0 Å². The number of rotatable bonds is 3. The molecule has 0 atom stereocenters. The fraction of sp³-hybridized carbons (Fsp3) is 0.417. The van der Waals surface area contributed by atoms with Crippen molar-refractivity contribution in [1.82, 2.24) is 19.7 Å². The van der Waals surface area contributed by atoms with Gasteiger partial charge in [-0.25, -0.2) is 9.97 Å². The first-order valence-corrected chi connectivity index (χ1v) is 6.09. The Bertz CT molecular complexity index is 576. The van der Waals surface area contributed by atoms with Crippen LogP contribution in [0.3, 0.4) is 0 Å². The van der Waals surface area contributed by atoms with E-state index >= 15 is 0 Å². The van der Waals surface area contributed by atoms with Gasteiger partial charge in [0, 0.05) is 24.8 Å². The zero-order valence-electron chi connectivity index (χ0n) is 11.0. The number of nitrogens with zero attached hydrogens (tertiary/aromatic N) is 4. The van der Waals surface area contributed by atoms with Crippen LogP contribution in [-0.2, 0) is 13.6 Å². The molecule has 0 fully saturated rings. The summed E-state index contributed by atoms with van der Waals surface area (Å²) in [7, 11) is 1.92. The van der Waals surface area contributed by atoms with Crippen LogP contribution in [0.1, 0.15) is 22.6 Å². The van der Waals surface area contributed by atoms with Crippen LogP contribution in [0.15, 0.2) is 6.20 Å². The predicted molar refractivity (Wildman–Crippen MR) is 71.8 cm³/mol. The Balaban J connectivity index is 2.16. The lowest BCUT2D eigenvalue weighted by atomic mass is 10.2. The molecule has 0 amide bonds. The van der Waals surface area contributed by atoms with Crippen molar-refractivity contribution in [2.45, 2.75) is 27.3 Å². The van der Waals surface area contributed by atoms with Gasteiger partial charge in [-0.2, -0.15) is 5.10 Å². The number of anilines is 1. The molecule has 0 spiro atoms. The van der Waals surface area contributed by atoms with Gasteiger partial charge in [0.1, 0.15) is 0 Å². The summed E-state index contributed by atoms with van der Waals surface area (Å²) in [5, 5.41) is 7.79. The zero-order valence-corrected chi connectivity index (χ0v) is 11.7. The van der Waals surface area contributed by atoms with Crippen LogP contribution in [0.2, 0.25) is 5.15 Å². The lowest BCUT2D eigenvalue weighted by molar-refractivity contribution is 0.738.